The number of aliphatic hydroxyl groups excluding tert-OH is 2. The van der Waals surface area contributed by atoms with Crippen molar-refractivity contribution in [2.75, 3.05) is 19.0 Å². The molecule has 0 saturated heterocycles. The number of hydrogen-bond acceptors (Lipinski definition) is 12. The molecule has 4 aliphatic carbocycles. The third-order valence-corrected chi connectivity index (χ3v) is 18.0. The fourth-order valence-electron chi connectivity index (χ4n) is 12.2. The lowest BCUT2D eigenvalue weighted by Gasteiger charge is -2.54. The van der Waals surface area contributed by atoms with Gasteiger partial charge in [-0.05, 0) is 133 Å². The minimum atomic E-state index is -0.907. The standard InChI is InChI=1S/C53H61N3O8S2/c54-50(55)41-23-34-3-1-6-45-39(15-19-56-45)48(62)25-42-40(34)24-36(41)28-65-66-31-52-26-35-13-18-53(52,63)30-51(29-52,44(35)5-2-4-38(59)27-57)17-14-37(58)10-7-32-9-12-47(61)49(22-32)64-20-16-33-8-11-46(60)43(42)21-33/h8-9,11-12,14-15,17,19,21-24,35,38,42,44,50,56-57,59-61,63H,2,4-7,10,13,16,18,20,25-31,54-55H2. The van der Waals surface area contributed by atoms with E-state index in [1.807, 2.05) is 18.2 Å². The Bertz CT molecular complexity index is 2580. The summed E-state index contributed by atoms with van der Waals surface area (Å²) >= 11 is 0. The topological polar surface area (TPSA) is 212 Å². The molecule has 0 radical (unpaired) electrons. The number of aryl methyl sites for hydroxylation is 1. The second-order valence-corrected chi connectivity index (χ2v) is 22.0. The van der Waals surface area contributed by atoms with Crippen LogP contribution in [-0.2, 0) is 29.8 Å². The molecule has 66 heavy (non-hydrogen) atoms. The highest BCUT2D eigenvalue weighted by atomic mass is 33.1. The second-order valence-electron chi connectivity index (χ2n) is 19.6. The number of carbonyl (C=O) groups is 2. The Labute approximate surface area is 394 Å². The number of phenolic OH excluding ortho intramolecular Hbond substituents is 2. The van der Waals surface area contributed by atoms with Crippen LogP contribution in [0.4, 0.5) is 0 Å². The molecule has 11 nitrogen and oxygen atoms in total. The first-order valence-electron chi connectivity index (χ1n) is 23.4. The third-order valence-electron chi connectivity index (χ3n) is 15.5. The largest absolute Gasteiger partial charge is 0.508 e. The van der Waals surface area contributed by atoms with E-state index in [1.165, 1.54) is 0 Å². The van der Waals surface area contributed by atoms with E-state index in [-0.39, 0.29) is 60.5 Å². The maximum Gasteiger partial charge on any atom is 0.165 e. The van der Waals surface area contributed by atoms with Gasteiger partial charge >= 0.3 is 0 Å². The lowest BCUT2D eigenvalue weighted by Crippen LogP contribution is -2.52. The van der Waals surface area contributed by atoms with E-state index in [9.17, 15) is 35.1 Å². The summed E-state index contributed by atoms with van der Waals surface area (Å²) in [6, 6.07) is 16.4. The number of nitrogens with one attached hydrogen (secondary N) is 1. The molecule has 9 rings (SSSR count). The molecule has 3 fully saturated rings. The van der Waals surface area contributed by atoms with E-state index in [1.54, 1.807) is 64.2 Å². The first-order valence-corrected chi connectivity index (χ1v) is 25.9. The van der Waals surface area contributed by atoms with E-state index < -0.39 is 29.2 Å². The van der Waals surface area contributed by atoms with Gasteiger partial charge in [0.05, 0.1) is 37.5 Å². The van der Waals surface area contributed by atoms with Crippen molar-refractivity contribution in [2.45, 2.75) is 113 Å². The number of aromatic nitrogens is 1. The smallest absolute Gasteiger partial charge is 0.165 e. The van der Waals surface area contributed by atoms with Gasteiger partial charge in [0.1, 0.15) is 5.75 Å². The van der Waals surface area contributed by atoms with Crippen LogP contribution in [0.1, 0.15) is 131 Å². The molecule has 1 aliphatic heterocycles. The second kappa shape index (κ2) is 19.2. The highest BCUT2D eigenvalue weighted by molar-refractivity contribution is 8.76. The van der Waals surface area contributed by atoms with E-state index in [0.717, 1.165) is 65.6 Å². The Kier molecular flexibility index (Phi) is 13.6. The van der Waals surface area contributed by atoms with Gasteiger partial charge in [0, 0.05) is 70.7 Å². The SMILES string of the molecule is NC(N)c1cc2c3cc1CSSCC14CC5CCC1(O)CC(C=CC(=O)CCc1ccc(O)c(c1)OCCc1ccc(O)c(c1)C3CC(=O)c1cc[nH]c1CC#C2)(C4)C5CCCC(O)CO. The quantitative estimate of drug-likeness (QED) is 0.0532. The fourth-order valence-corrected chi connectivity index (χ4v) is 15.0. The predicted octanol–water partition coefficient (Wildman–Crippen LogP) is 7.68. The summed E-state index contributed by atoms with van der Waals surface area (Å²) in [5.74, 6) is 8.20. The van der Waals surface area contributed by atoms with Gasteiger partial charge in [0.15, 0.2) is 23.1 Å². The normalized spacial score (nSPS) is 28.1. The van der Waals surface area contributed by atoms with Crippen molar-refractivity contribution in [1.29, 1.82) is 0 Å². The minimum absolute atomic E-state index is 0.00388. The van der Waals surface area contributed by atoms with Gasteiger partial charge in [-0.2, -0.15) is 0 Å². The number of aromatic hydroxyl groups is 2. The molecule has 7 unspecified atom stereocenters. The van der Waals surface area contributed by atoms with Crippen molar-refractivity contribution in [3.63, 3.8) is 0 Å². The average Bonchev–Trinajstić information content (AvgIpc) is 3.83. The molecule has 4 aromatic rings. The molecule has 9 bridgehead atoms. The van der Waals surface area contributed by atoms with Gasteiger partial charge in [-0.25, -0.2) is 0 Å². The molecule has 10 N–H and O–H groups in total. The number of aliphatic hydroxyl groups is 3. The van der Waals surface area contributed by atoms with Gasteiger partial charge in [0.25, 0.3) is 0 Å². The number of ether oxygens (including phenoxy) is 1. The molecular formula is C53H61N3O8S2. The van der Waals surface area contributed by atoms with Crippen LogP contribution in [0.25, 0.3) is 0 Å². The summed E-state index contributed by atoms with van der Waals surface area (Å²) < 4.78 is 6.16. The Morgan fingerprint density at radius 2 is 1.77 bits per heavy atom. The minimum Gasteiger partial charge on any atom is -0.508 e. The zero-order valence-corrected chi connectivity index (χ0v) is 38.9. The van der Waals surface area contributed by atoms with Gasteiger partial charge in [-0.1, -0.05) is 70.2 Å². The zero-order chi connectivity index (χ0) is 46.2. The van der Waals surface area contributed by atoms with Crippen molar-refractivity contribution < 1.29 is 39.9 Å². The van der Waals surface area contributed by atoms with Crippen molar-refractivity contribution in [3.05, 3.63) is 123 Å². The van der Waals surface area contributed by atoms with Crippen LogP contribution in [0.2, 0.25) is 0 Å². The van der Waals surface area contributed by atoms with E-state index in [0.29, 0.717) is 78.4 Å². The first-order chi connectivity index (χ1) is 31.8. The van der Waals surface area contributed by atoms with Crippen molar-refractivity contribution in [2.24, 2.45) is 34.1 Å². The average molecular weight is 932 g/mol. The summed E-state index contributed by atoms with van der Waals surface area (Å²) in [6.45, 7) is -0.0557. The zero-order valence-electron chi connectivity index (χ0n) is 37.3. The van der Waals surface area contributed by atoms with E-state index >= 15 is 0 Å². The van der Waals surface area contributed by atoms with Gasteiger partial charge < -0.3 is 46.7 Å². The van der Waals surface area contributed by atoms with Gasteiger partial charge in [-0.3, -0.25) is 9.59 Å². The monoisotopic (exact) mass is 931 g/mol. The number of hydrogen-bond donors (Lipinski definition) is 8. The number of fused-ring (bicyclic) bond motifs is 8. The number of phenols is 2. The van der Waals surface area contributed by atoms with Crippen molar-refractivity contribution >= 4 is 33.2 Å². The summed E-state index contributed by atoms with van der Waals surface area (Å²) in [5.41, 5.74) is 18.1. The maximum absolute atomic E-state index is 14.2. The highest BCUT2D eigenvalue weighted by Gasteiger charge is 2.70. The number of aromatic amines is 1. The third kappa shape index (κ3) is 9.23. The van der Waals surface area contributed by atoms with E-state index in [2.05, 4.69) is 29.0 Å². The Hall–Kier alpha value is -4.52. The van der Waals surface area contributed by atoms with Crippen LogP contribution in [0.5, 0.6) is 17.2 Å². The highest BCUT2D eigenvalue weighted by Crippen LogP contribution is 2.73. The van der Waals surface area contributed by atoms with Crippen LogP contribution in [0.15, 0.2) is 72.9 Å². The van der Waals surface area contributed by atoms with Crippen molar-refractivity contribution in [3.8, 4) is 29.1 Å². The first kappa shape index (κ1) is 46.6. The number of nitrogens with two attached hydrogens (primary N) is 2. The van der Waals surface area contributed by atoms with Crippen LogP contribution in [-0.4, -0.2) is 72.8 Å². The molecule has 3 saturated carbocycles. The summed E-state index contributed by atoms with van der Waals surface area (Å²) in [4.78, 5) is 31.2. The molecule has 1 spiro atoms. The molecule has 3 aromatic carbocycles. The Morgan fingerprint density at radius 3 is 2.59 bits per heavy atom. The summed E-state index contributed by atoms with van der Waals surface area (Å²) in [6.07, 6.45) is 11.6. The number of benzene rings is 3. The van der Waals surface area contributed by atoms with Crippen LogP contribution >= 0.6 is 21.6 Å². The summed E-state index contributed by atoms with van der Waals surface area (Å²) in [7, 11) is 3.43. The molecule has 0 amide bonds. The maximum atomic E-state index is 14.2. The number of carbonyl (C=O) groups excluding carboxylic acids is 2. The number of allylic oxidation sites excluding steroid dienone is 2. The van der Waals surface area contributed by atoms with Gasteiger partial charge in [0.2, 0.25) is 0 Å². The lowest BCUT2D eigenvalue weighted by molar-refractivity contribution is -0.114. The molecule has 2 heterocycles. The Balaban J connectivity index is 1.10. The molecule has 5 aliphatic rings. The number of rotatable bonds is 6. The van der Waals surface area contributed by atoms with Crippen LogP contribution < -0.4 is 16.2 Å². The summed E-state index contributed by atoms with van der Waals surface area (Å²) in [5, 5.41) is 55.0. The van der Waals surface area contributed by atoms with Crippen LogP contribution in [0, 0.1) is 34.5 Å². The number of ketones is 2. The van der Waals surface area contributed by atoms with Crippen molar-refractivity contribution in [1.82, 2.24) is 4.98 Å². The molecule has 7 atom stereocenters. The van der Waals surface area contributed by atoms with E-state index in [4.69, 9.17) is 16.2 Å². The molecule has 13 heteroatoms. The lowest BCUT2D eigenvalue weighted by atomic mass is 9.53. The fraction of sp³-hybridized carbons (Fsp3) is 0.472. The number of H-pyrrole nitrogens is 1. The van der Waals surface area contributed by atoms with Gasteiger partial charge in [-0.15, -0.1) is 0 Å². The molecule has 1 aromatic heterocycles. The number of Topliss-reactive ketones (excluding diaryl/α,β-unsaturated/α-hetero) is 1. The van der Waals surface area contributed by atoms with Crippen LogP contribution in [0.3, 0.4) is 0 Å². The Morgan fingerprint density at radius 1 is 0.955 bits per heavy atom. The molecule has 348 valence electrons. The molecular weight excluding hydrogens is 871 g/mol. The predicted molar refractivity (Wildman–Crippen MR) is 258 cm³/mol.